The Bertz CT molecular complexity index is 1160. The smallest absolute Gasteiger partial charge is 0.390 e. The molecule has 2 amide bonds. The quantitative estimate of drug-likeness (QED) is 0.462. The molecule has 2 atom stereocenters. The lowest BCUT2D eigenvalue weighted by Gasteiger charge is -2.34. The molecular formula is C27H29F6N3O3. The second-order valence-electron chi connectivity index (χ2n) is 10.1. The van der Waals surface area contributed by atoms with Gasteiger partial charge >= 0.3 is 12.4 Å². The zero-order valence-electron chi connectivity index (χ0n) is 20.9. The van der Waals surface area contributed by atoms with E-state index in [0.717, 1.165) is 55.5 Å². The van der Waals surface area contributed by atoms with Crippen LogP contribution in [0.15, 0.2) is 48.5 Å². The van der Waals surface area contributed by atoms with Crippen LogP contribution in [0, 0.1) is 0 Å². The summed E-state index contributed by atoms with van der Waals surface area (Å²) in [5.41, 5.74) is -0.992. The minimum absolute atomic E-state index is 0.159. The van der Waals surface area contributed by atoms with Crippen molar-refractivity contribution in [3.63, 3.8) is 0 Å². The number of carbonyl (C=O) groups is 2. The van der Waals surface area contributed by atoms with Gasteiger partial charge in [0.1, 0.15) is 0 Å². The molecule has 2 aliphatic rings. The fourth-order valence-corrected chi connectivity index (χ4v) is 5.33. The molecule has 6 nitrogen and oxygen atoms in total. The first-order chi connectivity index (χ1) is 18.3. The topological polar surface area (TPSA) is 81.7 Å². The molecule has 1 saturated carbocycles. The summed E-state index contributed by atoms with van der Waals surface area (Å²) in [6.45, 7) is 0.276. The molecule has 2 fully saturated rings. The summed E-state index contributed by atoms with van der Waals surface area (Å²) in [4.78, 5) is 26.7. The Morgan fingerprint density at radius 3 is 2.13 bits per heavy atom. The normalized spacial score (nSPS) is 24.4. The van der Waals surface area contributed by atoms with Gasteiger partial charge in [0.25, 0.3) is 5.91 Å². The molecular weight excluding hydrogens is 528 g/mol. The molecule has 0 unspecified atom stereocenters. The Kier molecular flexibility index (Phi) is 8.55. The number of alkyl halides is 6. The number of carbonyl (C=O) groups excluding carboxylic acids is 2. The number of aliphatic hydroxyl groups is 1. The van der Waals surface area contributed by atoms with Gasteiger partial charge in [-0.25, -0.2) is 0 Å². The van der Waals surface area contributed by atoms with Crippen molar-refractivity contribution in [3.8, 4) is 0 Å². The lowest BCUT2D eigenvalue weighted by Crippen LogP contribution is -2.47. The number of hydrogen-bond donors (Lipinski definition) is 3. The number of amides is 2. The highest BCUT2D eigenvalue weighted by Gasteiger charge is 2.38. The van der Waals surface area contributed by atoms with E-state index in [4.69, 9.17) is 0 Å². The van der Waals surface area contributed by atoms with E-state index in [9.17, 15) is 41.0 Å². The van der Waals surface area contributed by atoms with E-state index >= 15 is 0 Å². The number of nitrogens with zero attached hydrogens (tertiary/aromatic N) is 1. The van der Waals surface area contributed by atoms with Gasteiger partial charge in [0, 0.05) is 24.7 Å². The Labute approximate surface area is 221 Å². The third-order valence-corrected chi connectivity index (χ3v) is 7.45. The maximum atomic E-state index is 12.9. The molecule has 39 heavy (non-hydrogen) atoms. The van der Waals surface area contributed by atoms with E-state index in [-0.39, 0.29) is 17.5 Å². The number of rotatable bonds is 6. The summed E-state index contributed by atoms with van der Waals surface area (Å²) in [5, 5.41) is 15.5. The van der Waals surface area contributed by atoms with Gasteiger partial charge in [-0.15, -0.1) is 0 Å². The minimum atomic E-state index is -4.60. The van der Waals surface area contributed by atoms with E-state index in [0.29, 0.717) is 19.2 Å². The summed E-state index contributed by atoms with van der Waals surface area (Å²) in [6.07, 6.45) is -6.62. The van der Waals surface area contributed by atoms with Crippen LogP contribution in [0.5, 0.6) is 0 Å². The van der Waals surface area contributed by atoms with Crippen molar-refractivity contribution in [2.75, 3.05) is 19.6 Å². The first-order valence-electron chi connectivity index (χ1n) is 12.7. The van der Waals surface area contributed by atoms with E-state index in [1.807, 2.05) is 0 Å². The Morgan fingerprint density at radius 2 is 1.51 bits per heavy atom. The predicted molar refractivity (Wildman–Crippen MR) is 130 cm³/mol. The Hall–Kier alpha value is -3.12. The van der Waals surface area contributed by atoms with Crippen molar-refractivity contribution in [1.29, 1.82) is 0 Å². The van der Waals surface area contributed by atoms with Gasteiger partial charge in [0.15, 0.2) is 0 Å². The van der Waals surface area contributed by atoms with Crippen molar-refractivity contribution >= 4 is 11.8 Å². The highest BCUT2D eigenvalue weighted by molar-refractivity contribution is 5.96. The Morgan fingerprint density at radius 1 is 0.872 bits per heavy atom. The summed E-state index contributed by atoms with van der Waals surface area (Å²) < 4.78 is 77.1. The highest BCUT2D eigenvalue weighted by atomic mass is 19.4. The van der Waals surface area contributed by atoms with Crippen LogP contribution in [0.1, 0.15) is 58.6 Å². The highest BCUT2D eigenvalue weighted by Crippen LogP contribution is 2.37. The van der Waals surface area contributed by atoms with E-state index in [2.05, 4.69) is 15.5 Å². The molecule has 1 heterocycles. The number of likely N-dealkylation sites (tertiary alicyclic amines) is 1. The summed E-state index contributed by atoms with van der Waals surface area (Å²) in [7, 11) is 0. The fraction of sp³-hybridized carbons (Fsp3) is 0.481. The molecule has 0 bridgehead atoms. The SMILES string of the molecule is O=C(CNC(=O)c1cccc(C(F)(F)F)c1)N[C@H]1CN(C2CCC(c3ccc(C(F)(F)F)cc3)CC2)C[C@H]1O. The van der Waals surface area contributed by atoms with Crippen LogP contribution in [0.4, 0.5) is 26.3 Å². The second-order valence-corrected chi connectivity index (χ2v) is 10.1. The summed E-state index contributed by atoms with van der Waals surface area (Å²) in [5.74, 6) is -1.24. The monoisotopic (exact) mass is 557 g/mol. The number of benzene rings is 2. The van der Waals surface area contributed by atoms with Gasteiger partial charge in [-0.05, 0) is 67.5 Å². The second kappa shape index (κ2) is 11.5. The summed E-state index contributed by atoms with van der Waals surface area (Å²) in [6, 6.07) is 8.74. The summed E-state index contributed by atoms with van der Waals surface area (Å²) >= 11 is 0. The third-order valence-electron chi connectivity index (χ3n) is 7.45. The van der Waals surface area contributed by atoms with Crippen LogP contribution in [0.3, 0.4) is 0 Å². The molecule has 12 heteroatoms. The standard InChI is InChI=1S/C27H29F6N3O3/c28-26(29,30)19-8-4-16(5-9-19)17-6-10-21(11-7-17)36-14-22(23(37)15-36)35-24(38)13-34-25(39)18-2-1-3-20(12-18)27(31,32)33/h1-5,8-9,12,17,21-23,37H,6-7,10-11,13-15H2,(H,34,39)(H,35,38)/t17?,21?,22-,23+/m0/s1. The van der Waals surface area contributed by atoms with Crippen LogP contribution in [-0.2, 0) is 17.1 Å². The average Bonchev–Trinajstić information content (AvgIpc) is 3.26. The molecule has 4 rings (SSSR count). The zero-order valence-corrected chi connectivity index (χ0v) is 20.9. The first-order valence-corrected chi connectivity index (χ1v) is 12.7. The molecule has 0 spiro atoms. The molecule has 1 aliphatic heterocycles. The maximum Gasteiger partial charge on any atom is 0.416 e. The van der Waals surface area contributed by atoms with E-state index < -0.39 is 54.0 Å². The van der Waals surface area contributed by atoms with Crippen LogP contribution >= 0.6 is 0 Å². The number of β-amino-alcohol motifs (C(OH)–C–C–N with tert-alkyl or cyclic N) is 1. The molecule has 2 aromatic rings. The van der Waals surface area contributed by atoms with Gasteiger partial charge in [0.2, 0.25) is 5.91 Å². The predicted octanol–water partition coefficient (Wildman–Crippen LogP) is 4.34. The van der Waals surface area contributed by atoms with E-state index in [1.54, 1.807) is 0 Å². The van der Waals surface area contributed by atoms with Crippen molar-refractivity contribution in [2.24, 2.45) is 0 Å². The number of aliphatic hydroxyl groups excluding tert-OH is 1. The van der Waals surface area contributed by atoms with Crippen LogP contribution in [0.25, 0.3) is 0 Å². The zero-order chi connectivity index (χ0) is 28.4. The molecule has 212 valence electrons. The number of nitrogens with one attached hydrogen (secondary N) is 2. The van der Waals surface area contributed by atoms with Crippen molar-refractivity contribution < 1.29 is 41.0 Å². The molecule has 1 saturated heterocycles. The minimum Gasteiger partial charge on any atom is -0.390 e. The first kappa shape index (κ1) is 28.9. The molecule has 0 radical (unpaired) electrons. The van der Waals surface area contributed by atoms with Crippen molar-refractivity contribution in [1.82, 2.24) is 15.5 Å². The number of hydrogen-bond acceptors (Lipinski definition) is 4. The Balaban J connectivity index is 1.23. The molecule has 0 aromatic heterocycles. The molecule has 1 aliphatic carbocycles. The fourth-order valence-electron chi connectivity index (χ4n) is 5.33. The maximum absolute atomic E-state index is 12.9. The lowest BCUT2D eigenvalue weighted by molar-refractivity contribution is -0.138. The van der Waals surface area contributed by atoms with Crippen LogP contribution in [-0.4, -0.2) is 59.6 Å². The van der Waals surface area contributed by atoms with Crippen LogP contribution < -0.4 is 10.6 Å². The van der Waals surface area contributed by atoms with Gasteiger partial charge in [0.05, 0.1) is 29.8 Å². The number of halogens is 6. The lowest BCUT2D eigenvalue weighted by atomic mass is 9.81. The van der Waals surface area contributed by atoms with E-state index in [1.165, 1.54) is 18.2 Å². The largest absolute Gasteiger partial charge is 0.416 e. The van der Waals surface area contributed by atoms with Crippen LogP contribution in [0.2, 0.25) is 0 Å². The molecule has 2 aromatic carbocycles. The van der Waals surface area contributed by atoms with Gasteiger partial charge in [-0.2, -0.15) is 26.3 Å². The average molecular weight is 558 g/mol. The van der Waals surface area contributed by atoms with Gasteiger partial charge in [-0.3, -0.25) is 14.5 Å². The van der Waals surface area contributed by atoms with Crippen molar-refractivity contribution in [3.05, 3.63) is 70.8 Å². The van der Waals surface area contributed by atoms with Gasteiger partial charge in [-0.1, -0.05) is 18.2 Å². The molecule has 3 N–H and O–H groups in total. The van der Waals surface area contributed by atoms with Gasteiger partial charge < -0.3 is 15.7 Å². The van der Waals surface area contributed by atoms with Crippen molar-refractivity contribution in [2.45, 2.75) is 62.1 Å². The third kappa shape index (κ3) is 7.30.